The third-order valence-corrected chi connectivity index (χ3v) is 4.30. The van der Waals surface area contributed by atoms with Crippen LogP contribution in [0.5, 0.6) is 0 Å². The third kappa shape index (κ3) is 4.83. The first-order valence-corrected chi connectivity index (χ1v) is 8.81. The summed E-state index contributed by atoms with van der Waals surface area (Å²) in [6.07, 6.45) is 2.61. The van der Waals surface area contributed by atoms with Gasteiger partial charge < -0.3 is 10.6 Å². The minimum atomic E-state index is -0.154. The minimum absolute atomic E-state index is 0.154. The van der Waals surface area contributed by atoms with E-state index in [0.29, 0.717) is 11.4 Å². The molecule has 4 nitrogen and oxygen atoms in total. The van der Waals surface area contributed by atoms with Gasteiger partial charge in [-0.05, 0) is 54.8 Å². The van der Waals surface area contributed by atoms with Gasteiger partial charge in [0.2, 0.25) is 0 Å². The van der Waals surface area contributed by atoms with Crippen LogP contribution >= 0.6 is 11.6 Å². The Morgan fingerprint density at radius 3 is 2.50 bits per heavy atom. The van der Waals surface area contributed by atoms with Gasteiger partial charge in [-0.3, -0.25) is 4.79 Å². The van der Waals surface area contributed by atoms with Crippen molar-refractivity contribution in [1.82, 2.24) is 4.98 Å². The molecule has 0 spiro atoms. The molecule has 0 unspecified atom stereocenters. The lowest BCUT2D eigenvalue weighted by atomic mass is 10.1. The lowest BCUT2D eigenvalue weighted by Gasteiger charge is -2.09. The zero-order valence-corrected chi connectivity index (χ0v) is 15.3. The summed E-state index contributed by atoms with van der Waals surface area (Å²) in [7, 11) is 0. The van der Waals surface area contributed by atoms with E-state index in [0.717, 1.165) is 29.2 Å². The second kappa shape index (κ2) is 8.50. The first-order chi connectivity index (χ1) is 12.6. The van der Waals surface area contributed by atoms with Gasteiger partial charge in [-0.15, -0.1) is 0 Å². The van der Waals surface area contributed by atoms with E-state index >= 15 is 0 Å². The molecule has 0 aliphatic heterocycles. The predicted octanol–water partition coefficient (Wildman–Crippen LogP) is 4.95. The molecule has 1 amide bonds. The monoisotopic (exact) mass is 365 g/mol. The number of rotatable bonds is 6. The van der Waals surface area contributed by atoms with Crippen molar-refractivity contribution in [3.05, 3.63) is 88.6 Å². The Labute approximate surface area is 158 Å². The normalized spacial score (nSPS) is 10.4. The number of halogens is 1. The van der Waals surface area contributed by atoms with Crippen molar-refractivity contribution in [2.45, 2.75) is 13.3 Å². The van der Waals surface area contributed by atoms with Crippen LogP contribution in [0.15, 0.2) is 66.9 Å². The average Bonchev–Trinajstić information content (AvgIpc) is 2.65. The molecule has 2 N–H and O–H groups in total. The lowest BCUT2D eigenvalue weighted by Crippen LogP contribution is -2.14. The van der Waals surface area contributed by atoms with Gasteiger partial charge in [0, 0.05) is 17.1 Å². The van der Waals surface area contributed by atoms with Crippen LogP contribution in [0.2, 0.25) is 5.02 Å². The third-order valence-electron chi connectivity index (χ3n) is 4.05. The number of nitrogens with one attached hydrogen (secondary N) is 2. The number of benzene rings is 2. The van der Waals surface area contributed by atoms with E-state index in [9.17, 15) is 4.79 Å². The van der Waals surface area contributed by atoms with Crippen molar-refractivity contribution in [2.24, 2.45) is 0 Å². The fourth-order valence-corrected chi connectivity index (χ4v) is 2.71. The average molecular weight is 366 g/mol. The summed E-state index contributed by atoms with van der Waals surface area (Å²) < 4.78 is 0. The Bertz CT molecular complexity index is 877. The van der Waals surface area contributed by atoms with Crippen LogP contribution in [0.25, 0.3) is 0 Å². The Morgan fingerprint density at radius 1 is 1.04 bits per heavy atom. The topological polar surface area (TPSA) is 54.0 Å². The fraction of sp³-hybridized carbons (Fsp3) is 0.143. The van der Waals surface area contributed by atoms with Gasteiger partial charge in [0.1, 0.15) is 5.82 Å². The molecule has 0 bridgehead atoms. The Morgan fingerprint density at radius 2 is 1.81 bits per heavy atom. The smallest absolute Gasteiger partial charge is 0.257 e. The summed E-state index contributed by atoms with van der Waals surface area (Å²) in [4.78, 5) is 16.6. The van der Waals surface area contributed by atoms with Gasteiger partial charge in [-0.1, -0.05) is 41.9 Å². The molecule has 0 radical (unpaired) electrons. The molecule has 132 valence electrons. The number of amides is 1. The quantitative estimate of drug-likeness (QED) is 0.649. The second-order valence-electron chi connectivity index (χ2n) is 6.00. The van der Waals surface area contributed by atoms with Crippen LogP contribution in [0.1, 0.15) is 21.5 Å². The van der Waals surface area contributed by atoms with Crippen LogP contribution < -0.4 is 10.6 Å². The van der Waals surface area contributed by atoms with Gasteiger partial charge in [0.25, 0.3) is 5.91 Å². The highest BCUT2D eigenvalue weighted by Crippen LogP contribution is 2.14. The van der Waals surface area contributed by atoms with E-state index in [1.807, 2.05) is 55.5 Å². The molecule has 0 saturated carbocycles. The van der Waals surface area contributed by atoms with Gasteiger partial charge in [0.15, 0.2) is 0 Å². The summed E-state index contributed by atoms with van der Waals surface area (Å²) in [5.74, 6) is 0.376. The number of aryl methyl sites for hydroxylation is 1. The second-order valence-corrected chi connectivity index (χ2v) is 6.44. The van der Waals surface area contributed by atoms with Crippen LogP contribution in [0, 0.1) is 6.92 Å². The van der Waals surface area contributed by atoms with Gasteiger partial charge >= 0.3 is 0 Å². The van der Waals surface area contributed by atoms with E-state index in [-0.39, 0.29) is 5.91 Å². The van der Waals surface area contributed by atoms with Crippen molar-refractivity contribution < 1.29 is 4.79 Å². The van der Waals surface area contributed by atoms with E-state index in [2.05, 4.69) is 15.6 Å². The molecule has 3 aromatic rings. The summed E-state index contributed by atoms with van der Waals surface area (Å²) in [5, 5.41) is 6.89. The predicted molar refractivity (Wildman–Crippen MR) is 107 cm³/mol. The Balaban J connectivity index is 1.52. The maximum Gasteiger partial charge on any atom is 0.257 e. The highest BCUT2D eigenvalue weighted by Gasteiger charge is 2.08. The SMILES string of the molecule is Cc1ccccc1C(=O)Nc1ccc(NCCc2ccc(Cl)cc2)cn1. The van der Waals surface area contributed by atoms with Crippen molar-refractivity contribution in [1.29, 1.82) is 0 Å². The van der Waals surface area contributed by atoms with Gasteiger partial charge in [0.05, 0.1) is 11.9 Å². The summed E-state index contributed by atoms with van der Waals surface area (Å²) in [6, 6.07) is 19.0. The van der Waals surface area contributed by atoms with Crippen LogP contribution in [0.4, 0.5) is 11.5 Å². The molecule has 0 fully saturated rings. The number of hydrogen-bond donors (Lipinski definition) is 2. The van der Waals surface area contributed by atoms with E-state index in [1.54, 1.807) is 18.3 Å². The highest BCUT2D eigenvalue weighted by atomic mass is 35.5. The molecule has 1 aromatic heterocycles. The molecule has 3 rings (SSSR count). The van der Waals surface area contributed by atoms with E-state index in [1.165, 1.54) is 5.56 Å². The largest absolute Gasteiger partial charge is 0.383 e. The highest BCUT2D eigenvalue weighted by molar-refractivity contribution is 6.30. The van der Waals surface area contributed by atoms with E-state index < -0.39 is 0 Å². The van der Waals surface area contributed by atoms with Crippen LogP contribution in [-0.4, -0.2) is 17.4 Å². The molecule has 5 heteroatoms. The number of aromatic nitrogens is 1. The summed E-state index contributed by atoms with van der Waals surface area (Å²) >= 11 is 5.89. The molecule has 0 aliphatic carbocycles. The van der Waals surface area contributed by atoms with E-state index in [4.69, 9.17) is 11.6 Å². The molecule has 0 atom stereocenters. The van der Waals surface area contributed by atoms with Gasteiger partial charge in [-0.25, -0.2) is 4.98 Å². The first-order valence-electron chi connectivity index (χ1n) is 8.43. The maximum atomic E-state index is 12.3. The number of nitrogens with zero attached hydrogens (tertiary/aromatic N) is 1. The number of carbonyl (C=O) groups is 1. The number of hydrogen-bond acceptors (Lipinski definition) is 3. The fourth-order valence-electron chi connectivity index (χ4n) is 2.59. The van der Waals surface area contributed by atoms with Crippen molar-refractivity contribution in [2.75, 3.05) is 17.2 Å². The van der Waals surface area contributed by atoms with Crippen molar-refractivity contribution >= 4 is 29.0 Å². The molecular formula is C21H20ClN3O. The van der Waals surface area contributed by atoms with Crippen LogP contribution in [-0.2, 0) is 6.42 Å². The summed E-state index contributed by atoms with van der Waals surface area (Å²) in [6.45, 7) is 2.70. The number of pyridine rings is 1. The molecular weight excluding hydrogens is 346 g/mol. The molecule has 26 heavy (non-hydrogen) atoms. The number of anilines is 2. The minimum Gasteiger partial charge on any atom is -0.383 e. The molecule has 0 aliphatic rings. The summed E-state index contributed by atoms with van der Waals surface area (Å²) in [5.41, 5.74) is 3.72. The van der Waals surface area contributed by atoms with Gasteiger partial charge in [-0.2, -0.15) is 0 Å². The Kier molecular flexibility index (Phi) is 5.87. The lowest BCUT2D eigenvalue weighted by molar-refractivity contribution is 0.102. The molecule has 2 aromatic carbocycles. The maximum absolute atomic E-state index is 12.3. The zero-order valence-electron chi connectivity index (χ0n) is 14.5. The van der Waals surface area contributed by atoms with Crippen LogP contribution in [0.3, 0.4) is 0 Å². The number of carbonyl (C=O) groups excluding carboxylic acids is 1. The Hall–Kier alpha value is -2.85. The van der Waals surface area contributed by atoms with Crippen molar-refractivity contribution in [3.8, 4) is 0 Å². The molecule has 0 saturated heterocycles. The first kappa shape index (κ1) is 18.0. The van der Waals surface area contributed by atoms with Crippen molar-refractivity contribution in [3.63, 3.8) is 0 Å². The zero-order chi connectivity index (χ0) is 18.4. The molecule has 1 heterocycles. The standard InChI is InChI=1S/C21H20ClN3O/c1-15-4-2-3-5-19(15)21(26)25-20-11-10-18(14-24-20)23-13-12-16-6-8-17(22)9-7-16/h2-11,14,23H,12-13H2,1H3,(H,24,25,26).